The van der Waals surface area contributed by atoms with Gasteiger partial charge in [0.2, 0.25) is 0 Å². The summed E-state index contributed by atoms with van der Waals surface area (Å²) >= 11 is 0. The molecule has 3 heteroatoms. The van der Waals surface area contributed by atoms with Crippen LogP contribution in [-0.4, -0.2) is 20.1 Å². The molecule has 0 amide bonds. The first kappa shape index (κ1) is 13.0. The molecule has 0 aliphatic carbocycles. The van der Waals surface area contributed by atoms with E-state index in [1.807, 2.05) is 6.92 Å². The van der Waals surface area contributed by atoms with Gasteiger partial charge in [-0.2, -0.15) is 0 Å². The van der Waals surface area contributed by atoms with Gasteiger partial charge in [-0.3, -0.25) is 0 Å². The van der Waals surface area contributed by atoms with E-state index in [0.29, 0.717) is 0 Å². The van der Waals surface area contributed by atoms with Crippen LogP contribution in [0.2, 0.25) is 0 Å². The molecule has 20 heavy (non-hydrogen) atoms. The van der Waals surface area contributed by atoms with Gasteiger partial charge in [-0.1, -0.05) is 30.3 Å². The van der Waals surface area contributed by atoms with E-state index in [1.165, 1.54) is 22.6 Å². The highest BCUT2D eigenvalue weighted by molar-refractivity contribution is 5.80. The number of anilines is 3. The molecule has 104 valence electrons. The third-order valence-electron chi connectivity index (χ3n) is 3.96. The Morgan fingerprint density at radius 3 is 2.20 bits per heavy atom. The Labute approximate surface area is 120 Å². The Morgan fingerprint density at radius 1 is 0.900 bits per heavy atom. The molecule has 3 nitrogen and oxygen atoms in total. The fourth-order valence-electron chi connectivity index (χ4n) is 2.87. The lowest BCUT2D eigenvalue weighted by Gasteiger charge is -2.38. The van der Waals surface area contributed by atoms with Gasteiger partial charge in [0.15, 0.2) is 0 Å². The normalized spacial score (nSPS) is 15.9. The second-order valence-electron chi connectivity index (χ2n) is 5.41. The van der Waals surface area contributed by atoms with Crippen LogP contribution >= 0.6 is 0 Å². The molecule has 2 aromatic carbocycles. The molecule has 1 aliphatic heterocycles. The number of nitrogens with zero attached hydrogens (tertiary/aromatic N) is 2. The van der Waals surface area contributed by atoms with Crippen LogP contribution in [0.4, 0.5) is 17.1 Å². The predicted octanol–water partition coefficient (Wildman–Crippen LogP) is 3.29. The van der Waals surface area contributed by atoms with Crippen LogP contribution in [0.15, 0.2) is 48.5 Å². The summed E-state index contributed by atoms with van der Waals surface area (Å²) in [6.07, 6.45) is 0. The number of rotatable bonds is 2. The number of hydrogen-bond acceptors (Lipinski definition) is 3. The minimum absolute atomic E-state index is 0.0398. The van der Waals surface area contributed by atoms with E-state index < -0.39 is 0 Å². The average molecular weight is 267 g/mol. The summed E-state index contributed by atoms with van der Waals surface area (Å²) in [6, 6.07) is 17.0. The average Bonchev–Trinajstić information content (AvgIpc) is 2.48. The summed E-state index contributed by atoms with van der Waals surface area (Å²) in [4.78, 5) is 4.69. The minimum atomic E-state index is 0.0398. The summed E-state index contributed by atoms with van der Waals surface area (Å²) in [6.45, 7) is 4.04. The summed E-state index contributed by atoms with van der Waals surface area (Å²) in [5.41, 5.74) is 11.1. The first-order valence-corrected chi connectivity index (χ1v) is 7.10. The molecule has 0 radical (unpaired) electrons. The Bertz CT molecular complexity index is 607. The third-order valence-corrected chi connectivity index (χ3v) is 3.96. The summed E-state index contributed by atoms with van der Waals surface area (Å²) < 4.78 is 0. The van der Waals surface area contributed by atoms with Crippen LogP contribution in [-0.2, 0) is 0 Å². The second-order valence-corrected chi connectivity index (χ2v) is 5.41. The highest BCUT2D eigenvalue weighted by Crippen LogP contribution is 2.39. The third kappa shape index (κ3) is 2.14. The molecule has 1 heterocycles. The van der Waals surface area contributed by atoms with Crippen molar-refractivity contribution in [3.8, 4) is 0 Å². The van der Waals surface area contributed by atoms with Crippen LogP contribution in [0.1, 0.15) is 18.5 Å². The molecule has 3 rings (SSSR count). The highest BCUT2D eigenvalue weighted by Gasteiger charge is 2.23. The number of nitrogens with two attached hydrogens (primary N) is 1. The van der Waals surface area contributed by atoms with Gasteiger partial charge in [-0.15, -0.1) is 0 Å². The Morgan fingerprint density at radius 2 is 1.50 bits per heavy atom. The monoisotopic (exact) mass is 267 g/mol. The zero-order valence-corrected chi connectivity index (χ0v) is 12.1. The van der Waals surface area contributed by atoms with Crippen molar-refractivity contribution in [2.75, 3.05) is 29.9 Å². The number of benzene rings is 2. The lowest BCUT2D eigenvalue weighted by molar-refractivity contribution is 0.787. The molecule has 1 atom stereocenters. The molecule has 0 bridgehead atoms. The molecule has 0 spiro atoms. The summed E-state index contributed by atoms with van der Waals surface area (Å²) in [5, 5.41) is 0. The van der Waals surface area contributed by atoms with Crippen molar-refractivity contribution in [1.29, 1.82) is 0 Å². The molecule has 0 unspecified atom stereocenters. The SMILES string of the molecule is C[C@@H](N)c1ccccc1N1CCN(C)c2ccccc21. The fourth-order valence-corrected chi connectivity index (χ4v) is 2.87. The molecule has 0 saturated carbocycles. The van der Waals surface area contributed by atoms with Crippen LogP contribution < -0.4 is 15.5 Å². The van der Waals surface area contributed by atoms with Crippen molar-refractivity contribution in [1.82, 2.24) is 0 Å². The van der Waals surface area contributed by atoms with Gasteiger partial charge in [-0.25, -0.2) is 0 Å². The standard InChI is InChI=1S/C17H21N3/c1-13(18)14-7-3-4-8-15(14)20-12-11-19(2)16-9-5-6-10-17(16)20/h3-10,13H,11-12,18H2,1-2H3/t13-/m1/s1. The van der Waals surface area contributed by atoms with Gasteiger partial charge in [-0.05, 0) is 30.7 Å². The molecule has 1 aliphatic rings. The number of fused-ring (bicyclic) bond motifs is 1. The Kier molecular flexibility index (Phi) is 3.36. The van der Waals surface area contributed by atoms with Gasteiger partial charge < -0.3 is 15.5 Å². The second kappa shape index (κ2) is 5.17. The largest absolute Gasteiger partial charge is 0.371 e. The molecule has 0 saturated heterocycles. The van der Waals surface area contributed by atoms with Crippen molar-refractivity contribution >= 4 is 17.1 Å². The number of likely N-dealkylation sites (N-methyl/N-ethyl adjacent to an activating group) is 1. The zero-order chi connectivity index (χ0) is 14.1. The smallest absolute Gasteiger partial charge is 0.0649 e. The van der Waals surface area contributed by atoms with Gasteiger partial charge >= 0.3 is 0 Å². The molecule has 2 aromatic rings. The maximum atomic E-state index is 6.13. The molecule has 0 fully saturated rings. The molecular weight excluding hydrogens is 246 g/mol. The highest BCUT2D eigenvalue weighted by atomic mass is 15.3. The van der Waals surface area contributed by atoms with Crippen molar-refractivity contribution in [2.45, 2.75) is 13.0 Å². The van der Waals surface area contributed by atoms with Gasteiger partial charge in [0, 0.05) is 31.9 Å². The van der Waals surface area contributed by atoms with Crippen LogP contribution in [0.3, 0.4) is 0 Å². The molecule has 0 aromatic heterocycles. The maximum absolute atomic E-state index is 6.13. The van der Waals surface area contributed by atoms with E-state index in [-0.39, 0.29) is 6.04 Å². The maximum Gasteiger partial charge on any atom is 0.0649 e. The van der Waals surface area contributed by atoms with E-state index in [1.54, 1.807) is 0 Å². The van der Waals surface area contributed by atoms with Gasteiger partial charge in [0.05, 0.1) is 11.4 Å². The van der Waals surface area contributed by atoms with Crippen molar-refractivity contribution in [3.63, 3.8) is 0 Å². The Hall–Kier alpha value is -2.00. The first-order chi connectivity index (χ1) is 9.68. The first-order valence-electron chi connectivity index (χ1n) is 7.10. The van der Waals surface area contributed by atoms with E-state index in [0.717, 1.165) is 13.1 Å². The van der Waals surface area contributed by atoms with E-state index in [4.69, 9.17) is 5.73 Å². The number of para-hydroxylation sites is 3. The van der Waals surface area contributed by atoms with Crippen LogP contribution in [0.5, 0.6) is 0 Å². The number of hydrogen-bond donors (Lipinski definition) is 1. The lowest BCUT2D eigenvalue weighted by atomic mass is 10.0. The summed E-state index contributed by atoms with van der Waals surface area (Å²) in [7, 11) is 2.15. The summed E-state index contributed by atoms with van der Waals surface area (Å²) in [5.74, 6) is 0. The van der Waals surface area contributed by atoms with Gasteiger partial charge in [0.1, 0.15) is 0 Å². The molecular formula is C17H21N3. The van der Waals surface area contributed by atoms with Crippen molar-refractivity contribution < 1.29 is 0 Å². The Balaban J connectivity index is 2.11. The van der Waals surface area contributed by atoms with Crippen LogP contribution in [0.25, 0.3) is 0 Å². The van der Waals surface area contributed by atoms with Crippen molar-refractivity contribution in [2.24, 2.45) is 5.73 Å². The zero-order valence-electron chi connectivity index (χ0n) is 12.1. The minimum Gasteiger partial charge on any atom is -0.371 e. The van der Waals surface area contributed by atoms with Crippen molar-refractivity contribution in [3.05, 3.63) is 54.1 Å². The van der Waals surface area contributed by atoms with Gasteiger partial charge in [0.25, 0.3) is 0 Å². The van der Waals surface area contributed by atoms with Crippen LogP contribution in [0, 0.1) is 0 Å². The topological polar surface area (TPSA) is 32.5 Å². The lowest BCUT2D eigenvalue weighted by Crippen LogP contribution is -2.37. The van der Waals surface area contributed by atoms with E-state index >= 15 is 0 Å². The molecule has 2 N–H and O–H groups in total. The predicted molar refractivity (Wildman–Crippen MR) is 85.8 cm³/mol. The fraction of sp³-hybridized carbons (Fsp3) is 0.294. The quantitative estimate of drug-likeness (QED) is 0.906. The van der Waals surface area contributed by atoms with E-state index in [2.05, 4.69) is 65.4 Å². The van der Waals surface area contributed by atoms with E-state index in [9.17, 15) is 0 Å².